The van der Waals surface area contributed by atoms with Gasteiger partial charge < -0.3 is 9.84 Å². The standard InChI is InChI=1S/C25H40O4/c1-2-3-4-5-6-7-8-9-10-11-12-13-14-15-16-17-24(26)29-23-20-18-22(19-21-23)25(27)28/h18-21H,2-17H2,1H3,(H,27,28). The minimum Gasteiger partial charge on any atom is -0.478 e. The zero-order chi connectivity index (χ0) is 21.2. The van der Waals surface area contributed by atoms with Gasteiger partial charge in [-0.05, 0) is 30.7 Å². The quantitative estimate of drug-likeness (QED) is 0.156. The topological polar surface area (TPSA) is 63.6 Å². The molecule has 1 aromatic carbocycles. The SMILES string of the molecule is CCCCCCCCCCCCCCCCCC(=O)Oc1ccc(C(=O)O)cc1. The molecule has 0 heterocycles. The molecular weight excluding hydrogens is 364 g/mol. The average Bonchev–Trinajstić information content (AvgIpc) is 2.71. The summed E-state index contributed by atoms with van der Waals surface area (Å²) >= 11 is 0. The molecule has 0 aromatic heterocycles. The van der Waals surface area contributed by atoms with Crippen molar-refractivity contribution >= 4 is 11.9 Å². The molecule has 0 bridgehead atoms. The Morgan fingerprint density at radius 2 is 1.10 bits per heavy atom. The summed E-state index contributed by atoms with van der Waals surface area (Å²) in [6, 6.07) is 5.93. The van der Waals surface area contributed by atoms with Gasteiger partial charge in [-0.3, -0.25) is 4.79 Å². The van der Waals surface area contributed by atoms with E-state index in [0.717, 1.165) is 12.8 Å². The van der Waals surface area contributed by atoms with E-state index in [9.17, 15) is 9.59 Å². The van der Waals surface area contributed by atoms with Crippen molar-refractivity contribution in [1.29, 1.82) is 0 Å². The Labute approximate surface area is 177 Å². The van der Waals surface area contributed by atoms with Gasteiger partial charge in [0.25, 0.3) is 0 Å². The van der Waals surface area contributed by atoms with Crippen LogP contribution in [-0.4, -0.2) is 17.0 Å². The normalized spacial score (nSPS) is 10.8. The molecule has 1 rings (SSSR count). The monoisotopic (exact) mass is 404 g/mol. The van der Waals surface area contributed by atoms with Crippen LogP contribution in [0.4, 0.5) is 0 Å². The Morgan fingerprint density at radius 3 is 1.52 bits per heavy atom. The number of carbonyl (C=O) groups excluding carboxylic acids is 1. The van der Waals surface area contributed by atoms with Gasteiger partial charge in [0, 0.05) is 6.42 Å². The van der Waals surface area contributed by atoms with Crippen LogP contribution in [-0.2, 0) is 4.79 Å². The first-order valence-electron chi connectivity index (χ1n) is 11.7. The first-order valence-corrected chi connectivity index (χ1v) is 11.7. The highest BCUT2D eigenvalue weighted by atomic mass is 16.5. The van der Waals surface area contributed by atoms with Crippen molar-refractivity contribution in [2.24, 2.45) is 0 Å². The van der Waals surface area contributed by atoms with Crippen LogP contribution in [0.25, 0.3) is 0 Å². The van der Waals surface area contributed by atoms with Crippen LogP contribution in [0.1, 0.15) is 120 Å². The summed E-state index contributed by atoms with van der Waals surface area (Å²) in [6.07, 6.45) is 19.9. The number of aromatic carboxylic acids is 1. The number of carbonyl (C=O) groups is 2. The molecule has 0 fully saturated rings. The predicted octanol–water partition coefficient (Wildman–Crippen LogP) is 7.55. The number of carboxylic acids is 1. The van der Waals surface area contributed by atoms with Crippen LogP contribution in [0.2, 0.25) is 0 Å². The molecule has 0 amide bonds. The summed E-state index contributed by atoms with van der Waals surface area (Å²) in [5.74, 6) is -0.829. The summed E-state index contributed by atoms with van der Waals surface area (Å²) in [5.41, 5.74) is 0.187. The van der Waals surface area contributed by atoms with Crippen molar-refractivity contribution in [3.63, 3.8) is 0 Å². The van der Waals surface area contributed by atoms with E-state index in [-0.39, 0.29) is 11.5 Å². The zero-order valence-corrected chi connectivity index (χ0v) is 18.3. The van der Waals surface area contributed by atoms with E-state index in [2.05, 4.69) is 6.92 Å². The second-order valence-electron chi connectivity index (χ2n) is 8.00. The van der Waals surface area contributed by atoms with Crippen LogP contribution < -0.4 is 4.74 Å². The van der Waals surface area contributed by atoms with E-state index in [1.807, 2.05) is 0 Å². The molecule has 0 atom stereocenters. The highest BCUT2D eigenvalue weighted by Crippen LogP contribution is 2.15. The maximum absolute atomic E-state index is 11.8. The Balaban J connectivity index is 1.88. The van der Waals surface area contributed by atoms with Crippen LogP contribution in [0, 0.1) is 0 Å². The molecule has 0 aliphatic carbocycles. The van der Waals surface area contributed by atoms with Crippen molar-refractivity contribution in [2.45, 2.75) is 110 Å². The average molecular weight is 405 g/mol. The predicted molar refractivity (Wildman–Crippen MR) is 119 cm³/mol. The van der Waals surface area contributed by atoms with Gasteiger partial charge in [0.2, 0.25) is 0 Å². The van der Waals surface area contributed by atoms with Crippen molar-refractivity contribution < 1.29 is 19.4 Å². The maximum atomic E-state index is 11.8. The van der Waals surface area contributed by atoms with Crippen molar-refractivity contribution in [3.05, 3.63) is 29.8 Å². The third kappa shape index (κ3) is 13.9. The van der Waals surface area contributed by atoms with E-state index in [1.54, 1.807) is 0 Å². The Bertz CT molecular complexity index is 550. The molecular formula is C25H40O4. The number of unbranched alkanes of at least 4 members (excludes halogenated alkanes) is 14. The molecule has 4 nitrogen and oxygen atoms in total. The molecule has 0 saturated heterocycles. The third-order valence-electron chi connectivity index (χ3n) is 5.32. The van der Waals surface area contributed by atoms with Crippen LogP contribution >= 0.6 is 0 Å². The number of ether oxygens (including phenoxy) is 1. The lowest BCUT2D eigenvalue weighted by Gasteiger charge is -2.05. The Hall–Kier alpha value is -1.84. The Morgan fingerprint density at radius 1 is 0.690 bits per heavy atom. The minimum atomic E-state index is -0.985. The Kier molecular flexibility index (Phi) is 14.8. The van der Waals surface area contributed by atoms with E-state index >= 15 is 0 Å². The van der Waals surface area contributed by atoms with Gasteiger partial charge in [-0.1, -0.05) is 96.8 Å². The number of esters is 1. The van der Waals surface area contributed by atoms with Gasteiger partial charge in [0.1, 0.15) is 5.75 Å². The van der Waals surface area contributed by atoms with Gasteiger partial charge >= 0.3 is 11.9 Å². The van der Waals surface area contributed by atoms with Crippen LogP contribution in [0.15, 0.2) is 24.3 Å². The second kappa shape index (κ2) is 17.1. The summed E-state index contributed by atoms with van der Waals surface area (Å²) in [7, 11) is 0. The lowest BCUT2D eigenvalue weighted by Crippen LogP contribution is -2.07. The van der Waals surface area contributed by atoms with Gasteiger partial charge in [0.05, 0.1) is 5.56 Å². The van der Waals surface area contributed by atoms with Crippen molar-refractivity contribution in [2.75, 3.05) is 0 Å². The number of benzene rings is 1. The van der Waals surface area contributed by atoms with Crippen molar-refractivity contribution in [3.8, 4) is 5.75 Å². The molecule has 0 spiro atoms. The van der Waals surface area contributed by atoms with Gasteiger partial charge in [0.15, 0.2) is 0 Å². The number of hydrogen-bond acceptors (Lipinski definition) is 3. The summed E-state index contributed by atoms with van der Waals surface area (Å²) in [6.45, 7) is 2.26. The van der Waals surface area contributed by atoms with E-state index in [4.69, 9.17) is 9.84 Å². The first-order chi connectivity index (χ1) is 14.1. The highest BCUT2D eigenvalue weighted by molar-refractivity contribution is 5.87. The van der Waals surface area contributed by atoms with Crippen LogP contribution in [0.3, 0.4) is 0 Å². The molecule has 0 radical (unpaired) electrons. The van der Waals surface area contributed by atoms with Crippen molar-refractivity contribution in [1.82, 2.24) is 0 Å². The molecule has 0 saturated carbocycles. The van der Waals surface area contributed by atoms with Gasteiger partial charge in [-0.25, -0.2) is 4.79 Å². The smallest absolute Gasteiger partial charge is 0.335 e. The lowest BCUT2D eigenvalue weighted by molar-refractivity contribution is -0.134. The summed E-state index contributed by atoms with van der Waals surface area (Å²) < 4.78 is 5.24. The molecule has 1 N–H and O–H groups in total. The number of carboxylic acid groups (broad SMARTS) is 1. The first kappa shape index (κ1) is 25.2. The molecule has 0 aliphatic rings. The zero-order valence-electron chi connectivity index (χ0n) is 18.3. The molecule has 0 unspecified atom stereocenters. The summed E-state index contributed by atoms with van der Waals surface area (Å²) in [4.78, 5) is 22.6. The van der Waals surface area contributed by atoms with Gasteiger partial charge in [-0.15, -0.1) is 0 Å². The molecule has 0 aliphatic heterocycles. The fraction of sp³-hybridized carbons (Fsp3) is 0.680. The molecule has 4 heteroatoms. The fourth-order valence-electron chi connectivity index (χ4n) is 3.49. The van der Waals surface area contributed by atoms with E-state index in [1.165, 1.54) is 108 Å². The third-order valence-corrected chi connectivity index (χ3v) is 5.32. The fourth-order valence-corrected chi connectivity index (χ4v) is 3.49. The minimum absolute atomic E-state index is 0.187. The number of hydrogen-bond donors (Lipinski definition) is 1. The highest BCUT2D eigenvalue weighted by Gasteiger charge is 2.06. The van der Waals surface area contributed by atoms with Crippen LogP contribution in [0.5, 0.6) is 5.75 Å². The van der Waals surface area contributed by atoms with Gasteiger partial charge in [-0.2, -0.15) is 0 Å². The van der Waals surface area contributed by atoms with E-state index in [0.29, 0.717) is 12.2 Å². The summed E-state index contributed by atoms with van der Waals surface area (Å²) in [5, 5.41) is 8.85. The molecule has 29 heavy (non-hydrogen) atoms. The second-order valence-corrected chi connectivity index (χ2v) is 8.00. The van der Waals surface area contributed by atoms with E-state index < -0.39 is 5.97 Å². The number of rotatable bonds is 18. The largest absolute Gasteiger partial charge is 0.478 e. The molecule has 1 aromatic rings. The lowest BCUT2D eigenvalue weighted by atomic mass is 10.0. The maximum Gasteiger partial charge on any atom is 0.335 e. The molecule has 164 valence electrons.